The molecule has 2 fully saturated rings. The molecule has 0 unspecified atom stereocenters. The molecule has 1 N–H and O–H groups in total. The van der Waals surface area contributed by atoms with E-state index in [0.29, 0.717) is 18.0 Å². The monoisotopic (exact) mass is 532 g/mol. The van der Waals surface area contributed by atoms with Gasteiger partial charge in [0.15, 0.2) is 5.11 Å². The van der Waals surface area contributed by atoms with Crippen molar-refractivity contribution in [2.75, 3.05) is 25.2 Å². The van der Waals surface area contributed by atoms with Crippen LogP contribution in [0, 0.1) is 0 Å². The maximum absolute atomic E-state index is 13.7. The number of benzene rings is 2. The minimum absolute atomic E-state index is 0.0560. The molecule has 0 spiro atoms. The molecule has 10 heteroatoms. The average molecular weight is 533 g/mol. The van der Waals surface area contributed by atoms with Crippen molar-refractivity contribution < 1.29 is 23.9 Å². The van der Waals surface area contributed by atoms with Gasteiger partial charge in [0.2, 0.25) is 5.91 Å². The van der Waals surface area contributed by atoms with Gasteiger partial charge in [-0.15, -0.1) is 0 Å². The summed E-state index contributed by atoms with van der Waals surface area (Å²) in [4.78, 5) is 41.4. The largest absolute Gasteiger partial charge is 0.494 e. The summed E-state index contributed by atoms with van der Waals surface area (Å²) in [6, 6.07) is 15.0. The summed E-state index contributed by atoms with van der Waals surface area (Å²) in [7, 11) is 1.29. The molecule has 2 aromatic carbocycles. The summed E-state index contributed by atoms with van der Waals surface area (Å²) in [6.45, 7) is 2.36. The molecule has 0 bridgehead atoms. The van der Waals surface area contributed by atoms with E-state index in [-0.39, 0.29) is 41.8 Å². The van der Waals surface area contributed by atoms with Crippen LogP contribution in [0.4, 0.5) is 5.69 Å². The standard InChI is InChI=1S/C28H28N4O5S/c1-3-37-21-12-10-20(11-13-21)32-27(35)24(31(28(32)38)17-26(34)36-2)14-18-15-30(16-25(33)29-19-8-9-19)23-7-5-4-6-22(18)23/h4-7,10-15,19H,3,8-9,16-17H2,1-2H3,(H,29,33)/b24-14-. The van der Waals surface area contributed by atoms with Crippen molar-refractivity contribution in [1.82, 2.24) is 14.8 Å². The molecule has 1 saturated heterocycles. The fourth-order valence-corrected chi connectivity index (χ4v) is 4.79. The minimum atomic E-state index is -0.529. The van der Waals surface area contributed by atoms with Crippen LogP contribution in [-0.2, 0) is 25.7 Å². The molecule has 2 heterocycles. The lowest BCUT2D eigenvalue weighted by molar-refractivity contribution is -0.140. The Morgan fingerprint density at radius 1 is 1.11 bits per heavy atom. The molecule has 0 radical (unpaired) electrons. The topological polar surface area (TPSA) is 93.1 Å². The third kappa shape index (κ3) is 5.12. The van der Waals surface area contributed by atoms with E-state index in [1.54, 1.807) is 30.3 Å². The van der Waals surface area contributed by atoms with Gasteiger partial charge in [0.1, 0.15) is 24.5 Å². The molecule has 1 aliphatic carbocycles. The van der Waals surface area contributed by atoms with Crippen LogP contribution in [-0.4, -0.2) is 58.7 Å². The predicted octanol–water partition coefficient (Wildman–Crippen LogP) is 3.47. The van der Waals surface area contributed by atoms with Crippen molar-refractivity contribution in [3.63, 3.8) is 0 Å². The third-order valence-electron chi connectivity index (χ3n) is 6.42. The number of amides is 2. The molecule has 3 aromatic rings. The van der Waals surface area contributed by atoms with E-state index in [1.165, 1.54) is 16.9 Å². The molecule has 38 heavy (non-hydrogen) atoms. The molecule has 5 rings (SSSR count). The number of para-hydroxylation sites is 1. The number of aromatic nitrogens is 1. The lowest BCUT2D eigenvalue weighted by atomic mass is 10.1. The first kappa shape index (κ1) is 25.5. The molecule has 9 nitrogen and oxygen atoms in total. The molecular formula is C28H28N4O5S. The highest BCUT2D eigenvalue weighted by Gasteiger charge is 2.40. The first-order valence-corrected chi connectivity index (χ1v) is 12.8. The molecular weight excluding hydrogens is 504 g/mol. The van der Waals surface area contributed by atoms with Gasteiger partial charge < -0.3 is 24.3 Å². The van der Waals surface area contributed by atoms with Crippen LogP contribution in [0.25, 0.3) is 17.0 Å². The summed E-state index contributed by atoms with van der Waals surface area (Å²) in [6.07, 6.45) is 5.58. The maximum atomic E-state index is 13.7. The number of rotatable bonds is 9. The van der Waals surface area contributed by atoms with Gasteiger partial charge in [-0.2, -0.15) is 0 Å². The SMILES string of the molecule is CCOc1ccc(N2C(=O)/C(=C/c3cn(CC(=O)NC4CC4)c4ccccc34)N(CC(=O)OC)C2=S)cc1. The van der Waals surface area contributed by atoms with Crippen LogP contribution in [0.2, 0.25) is 0 Å². The lowest BCUT2D eigenvalue weighted by Crippen LogP contribution is -2.35. The number of esters is 1. The number of nitrogens with zero attached hydrogens (tertiary/aromatic N) is 3. The highest BCUT2D eigenvalue weighted by Crippen LogP contribution is 2.32. The zero-order valence-corrected chi connectivity index (χ0v) is 22.0. The van der Waals surface area contributed by atoms with Crippen molar-refractivity contribution in [3.05, 3.63) is 66.0 Å². The summed E-state index contributed by atoms with van der Waals surface area (Å²) in [5.74, 6) is -0.278. The number of methoxy groups -OCH3 is 1. The van der Waals surface area contributed by atoms with Gasteiger partial charge >= 0.3 is 5.97 Å². The van der Waals surface area contributed by atoms with Crippen LogP contribution < -0.4 is 15.0 Å². The summed E-state index contributed by atoms with van der Waals surface area (Å²) in [5, 5.41) is 4.05. The van der Waals surface area contributed by atoms with Crippen molar-refractivity contribution in [1.29, 1.82) is 0 Å². The average Bonchev–Trinajstić information content (AvgIpc) is 3.62. The quantitative estimate of drug-likeness (QED) is 0.256. The highest BCUT2D eigenvalue weighted by molar-refractivity contribution is 7.80. The van der Waals surface area contributed by atoms with Crippen molar-refractivity contribution in [3.8, 4) is 5.75 Å². The van der Waals surface area contributed by atoms with Crippen molar-refractivity contribution in [2.24, 2.45) is 0 Å². The van der Waals surface area contributed by atoms with Crippen LogP contribution in [0.5, 0.6) is 5.75 Å². The Labute approximate surface area is 225 Å². The number of anilines is 1. The van der Waals surface area contributed by atoms with Gasteiger partial charge in [-0.1, -0.05) is 18.2 Å². The Kier molecular flexibility index (Phi) is 7.15. The Balaban J connectivity index is 1.53. The zero-order valence-electron chi connectivity index (χ0n) is 21.2. The van der Waals surface area contributed by atoms with Crippen LogP contribution in [0.3, 0.4) is 0 Å². The summed E-state index contributed by atoms with van der Waals surface area (Å²) in [5.41, 5.74) is 2.39. The number of fused-ring (bicyclic) bond motifs is 1. The van der Waals surface area contributed by atoms with E-state index in [2.05, 4.69) is 5.32 Å². The Hall–Kier alpha value is -4.18. The zero-order chi connectivity index (χ0) is 26.8. The molecule has 0 atom stereocenters. The third-order valence-corrected chi connectivity index (χ3v) is 6.83. The van der Waals surface area contributed by atoms with Gasteiger partial charge in [-0.25, -0.2) is 0 Å². The first-order chi connectivity index (χ1) is 18.4. The minimum Gasteiger partial charge on any atom is -0.494 e. The number of ether oxygens (including phenoxy) is 2. The molecule has 2 aliphatic rings. The predicted molar refractivity (Wildman–Crippen MR) is 147 cm³/mol. The second-order valence-corrected chi connectivity index (χ2v) is 9.48. The van der Waals surface area contributed by atoms with Gasteiger partial charge in [-0.3, -0.25) is 19.3 Å². The smallest absolute Gasteiger partial charge is 0.325 e. The van der Waals surface area contributed by atoms with Crippen LogP contribution in [0.1, 0.15) is 25.3 Å². The number of thiocarbonyl (C=S) groups is 1. The Morgan fingerprint density at radius 3 is 2.53 bits per heavy atom. The number of hydrogen-bond donors (Lipinski definition) is 1. The maximum Gasteiger partial charge on any atom is 0.325 e. The van der Waals surface area contributed by atoms with Gasteiger partial charge in [0.25, 0.3) is 5.91 Å². The molecule has 2 amide bonds. The van der Waals surface area contributed by atoms with Crippen molar-refractivity contribution >= 4 is 57.8 Å². The summed E-state index contributed by atoms with van der Waals surface area (Å²) < 4.78 is 12.2. The number of hydrogen-bond acceptors (Lipinski definition) is 6. The number of carbonyl (C=O) groups excluding carboxylic acids is 3. The van der Waals surface area contributed by atoms with E-state index in [0.717, 1.165) is 29.3 Å². The van der Waals surface area contributed by atoms with Gasteiger partial charge in [-0.05, 0) is 68.4 Å². The molecule has 1 saturated carbocycles. The highest BCUT2D eigenvalue weighted by atomic mass is 32.1. The van der Waals surface area contributed by atoms with E-state index >= 15 is 0 Å². The van der Waals surface area contributed by atoms with Gasteiger partial charge in [0.05, 0.1) is 19.4 Å². The molecule has 196 valence electrons. The van der Waals surface area contributed by atoms with E-state index in [9.17, 15) is 14.4 Å². The number of nitrogens with one attached hydrogen (secondary N) is 1. The Morgan fingerprint density at radius 2 is 1.84 bits per heavy atom. The second-order valence-electron chi connectivity index (χ2n) is 9.11. The molecule has 1 aliphatic heterocycles. The second kappa shape index (κ2) is 10.7. The van der Waals surface area contributed by atoms with Gasteiger partial charge in [0, 0.05) is 28.7 Å². The first-order valence-electron chi connectivity index (χ1n) is 12.4. The lowest BCUT2D eigenvalue weighted by Gasteiger charge is -2.19. The van der Waals surface area contributed by atoms with Crippen LogP contribution in [0.15, 0.2) is 60.4 Å². The fraction of sp³-hybridized carbons (Fsp3) is 0.286. The molecule has 1 aromatic heterocycles. The normalized spacial score (nSPS) is 16.4. The van der Waals surface area contributed by atoms with E-state index in [1.807, 2.05) is 42.0 Å². The van der Waals surface area contributed by atoms with Crippen LogP contribution >= 0.6 is 12.2 Å². The summed E-state index contributed by atoms with van der Waals surface area (Å²) >= 11 is 5.66. The van der Waals surface area contributed by atoms with E-state index in [4.69, 9.17) is 21.7 Å². The van der Waals surface area contributed by atoms with Crippen molar-refractivity contribution in [2.45, 2.75) is 32.4 Å². The Bertz CT molecular complexity index is 1440. The van der Waals surface area contributed by atoms with E-state index < -0.39 is 5.97 Å². The fourth-order valence-electron chi connectivity index (χ4n) is 4.44. The number of carbonyl (C=O) groups is 3.